The van der Waals surface area contributed by atoms with Crippen molar-refractivity contribution < 1.29 is 9.90 Å². The maximum Gasteiger partial charge on any atom is 0.325 e. The molecule has 0 unspecified atom stereocenters. The summed E-state index contributed by atoms with van der Waals surface area (Å²) in [5, 5.41) is 9.27. The second-order valence-electron chi connectivity index (χ2n) is 2.61. The lowest BCUT2D eigenvalue weighted by Gasteiger charge is -2.10. The Morgan fingerprint density at radius 3 is 2.43 bits per heavy atom. The van der Waals surface area contributed by atoms with Gasteiger partial charge in [0.2, 0.25) is 0 Å². The number of rotatable bonds is 2. The highest BCUT2D eigenvalue weighted by Crippen LogP contribution is 2.32. The van der Waals surface area contributed by atoms with Gasteiger partial charge in [-0.25, -0.2) is 0 Å². The van der Waals surface area contributed by atoms with E-state index < -0.39 is 12.0 Å². The largest absolute Gasteiger partial charge is 0.480 e. The van der Waals surface area contributed by atoms with Crippen molar-refractivity contribution in [1.29, 1.82) is 0 Å². The summed E-state index contributed by atoms with van der Waals surface area (Å²) in [5.74, 6) is -1.19. The zero-order valence-electron chi connectivity index (χ0n) is 6.80. The van der Waals surface area contributed by atoms with Gasteiger partial charge in [-0.1, -0.05) is 34.8 Å². The highest BCUT2D eigenvalue weighted by molar-refractivity contribution is 6.43. The highest BCUT2D eigenvalue weighted by Gasteiger charge is 2.19. The molecule has 0 aliphatic rings. The summed E-state index contributed by atoms with van der Waals surface area (Å²) in [6.45, 7) is 0. The quantitative estimate of drug-likeness (QED) is 0.798. The predicted octanol–water partition coefficient (Wildman–Crippen LogP) is 2.73. The minimum Gasteiger partial charge on any atom is -0.480 e. The Morgan fingerprint density at radius 2 is 1.93 bits per heavy atom. The van der Waals surface area contributed by atoms with E-state index in [4.69, 9.17) is 45.6 Å². The van der Waals surface area contributed by atoms with Crippen molar-refractivity contribution in [3.63, 3.8) is 0 Å². The van der Waals surface area contributed by atoms with Crippen molar-refractivity contribution >= 4 is 40.8 Å². The highest BCUT2D eigenvalue weighted by atomic mass is 35.5. The van der Waals surface area contributed by atoms with Gasteiger partial charge in [-0.2, -0.15) is 0 Å². The Kier molecular flexibility index (Phi) is 3.61. The van der Waals surface area contributed by atoms with E-state index in [1.165, 1.54) is 12.1 Å². The number of hydrogen-bond donors (Lipinski definition) is 2. The molecule has 0 amide bonds. The molecule has 0 aliphatic heterocycles. The van der Waals surface area contributed by atoms with E-state index in [0.717, 1.165) is 0 Å². The monoisotopic (exact) mass is 253 g/mol. The van der Waals surface area contributed by atoms with Crippen LogP contribution in [0.15, 0.2) is 12.1 Å². The maximum atomic E-state index is 10.6. The van der Waals surface area contributed by atoms with E-state index in [-0.39, 0.29) is 15.6 Å². The van der Waals surface area contributed by atoms with Crippen LogP contribution < -0.4 is 5.73 Å². The van der Waals surface area contributed by atoms with Crippen molar-refractivity contribution in [3.05, 3.63) is 32.8 Å². The molecule has 1 atom stereocenters. The molecular formula is C8H6Cl3NO2. The van der Waals surface area contributed by atoms with Gasteiger partial charge in [-0.15, -0.1) is 0 Å². The third-order valence-electron chi connectivity index (χ3n) is 1.62. The Morgan fingerprint density at radius 1 is 1.36 bits per heavy atom. The Bertz CT molecular complexity index is 381. The molecule has 3 N–H and O–H groups in total. The van der Waals surface area contributed by atoms with Crippen molar-refractivity contribution in [3.8, 4) is 0 Å². The third-order valence-corrected chi connectivity index (χ3v) is 2.66. The first-order chi connectivity index (χ1) is 6.43. The number of nitrogens with two attached hydrogens (primary N) is 1. The van der Waals surface area contributed by atoms with Crippen LogP contribution in [0.1, 0.15) is 11.6 Å². The van der Waals surface area contributed by atoms with Gasteiger partial charge in [0.1, 0.15) is 6.04 Å². The third kappa shape index (κ3) is 2.30. The summed E-state index contributed by atoms with van der Waals surface area (Å²) in [6.07, 6.45) is 0. The number of carboxylic acid groups (broad SMARTS) is 1. The predicted molar refractivity (Wildman–Crippen MR) is 56.0 cm³/mol. The number of carboxylic acids is 1. The van der Waals surface area contributed by atoms with Gasteiger partial charge in [0.05, 0.1) is 10.0 Å². The van der Waals surface area contributed by atoms with Gasteiger partial charge >= 0.3 is 5.97 Å². The standard InChI is InChI=1S/C8H6Cl3NO2/c9-3-1-4(7(12)8(13)14)6(11)5(10)2-3/h1-2,7H,12H2,(H,13,14)/t7-/m0/s1. The lowest BCUT2D eigenvalue weighted by atomic mass is 10.1. The lowest BCUT2D eigenvalue weighted by Crippen LogP contribution is -2.21. The molecule has 14 heavy (non-hydrogen) atoms. The second-order valence-corrected chi connectivity index (χ2v) is 3.83. The van der Waals surface area contributed by atoms with Crippen LogP contribution in [0, 0.1) is 0 Å². The second kappa shape index (κ2) is 4.36. The molecule has 0 radical (unpaired) electrons. The van der Waals surface area contributed by atoms with Gasteiger partial charge in [-0.3, -0.25) is 4.79 Å². The molecule has 0 spiro atoms. The Labute approximate surface area is 95.4 Å². The molecule has 0 saturated heterocycles. The molecule has 1 rings (SSSR count). The summed E-state index contributed by atoms with van der Waals surface area (Å²) in [7, 11) is 0. The summed E-state index contributed by atoms with van der Waals surface area (Å²) in [5.41, 5.74) is 5.58. The molecule has 0 aliphatic carbocycles. The van der Waals surface area contributed by atoms with Crippen LogP contribution in [0.25, 0.3) is 0 Å². The van der Waals surface area contributed by atoms with E-state index in [9.17, 15) is 4.79 Å². The van der Waals surface area contributed by atoms with Gasteiger partial charge < -0.3 is 10.8 Å². The minimum atomic E-state index is -1.22. The number of hydrogen-bond acceptors (Lipinski definition) is 2. The number of benzene rings is 1. The van der Waals surface area contributed by atoms with Crippen LogP contribution in [0.3, 0.4) is 0 Å². The zero-order chi connectivity index (χ0) is 10.9. The number of carbonyl (C=O) groups is 1. The first-order valence-electron chi connectivity index (χ1n) is 3.56. The van der Waals surface area contributed by atoms with Gasteiger partial charge in [-0.05, 0) is 12.1 Å². The first kappa shape index (κ1) is 11.6. The Hall–Kier alpha value is -0.480. The summed E-state index contributed by atoms with van der Waals surface area (Å²) in [6, 6.07) is 1.58. The van der Waals surface area contributed by atoms with Crippen LogP contribution in [-0.4, -0.2) is 11.1 Å². The molecule has 0 fully saturated rings. The van der Waals surface area contributed by atoms with Crippen LogP contribution in [0.2, 0.25) is 15.1 Å². The smallest absolute Gasteiger partial charge is 0.325 e. The molecular weight excluding hydrogens is 248 g/mol. The molecule has 0 heterocycles. The fraction of sp³-hybridized carbons (Fsp3) is 0.125. The summed E-state index contributed by atoms with van der Waals surface area (Å²) >= 11 is 17.2. The van der Waals surface area contributed by atoms with Crippen molar-refractivity contribution in [2.75, 3.05) is 0 Å². The van der Waals surface area contributed by atoms with E-state index in [0.29, 0.717) is 5.02 Å². The minimum absolute atomic E-state index is 0.117. The van der Waals surface area contributed by atoms with Crippen molar-refractivity contribution in [2.45, 2.75) is 6.04 Å². The van der Waals surface area contributed by atoms with Gasteiger partial charge in [0, 0.05) is 10.6 Å². The topological polar surface area (TPSA) is 63.3 Å². The van der Waals surface area contributed by atoms with Crippen LogP contribution in [0.5, 0.6) is 0 Å². The van der Waals surface area contributed by atoms with E-state index in [1.54, 1.807) is 0 Å². The zero-order valence-corrected chi connectivity index (χ0v) is 9.07. The molecule has 0 saturated carbocycles. The molecule has 1 aromatic rings. The summed E-state index contributed by atoms with van der Waals surface area (Å²) in [4.78, 5) is 10.6. The maximum absolute atomic E-state index is 10.6. The van der Waals surface area contributed by atoms with E-state index in [2.05, 4.69) is 0 Å². The number of aliphatic carboxylic acids is 1. The first-order valence-corrected chi connectivity index (χ1v) is 4.69. The SMILES string of the molecule is N[C@H](C(=O)O)c1cc(Cl)cc(Cl)c1Cl. The van der Waals surface area contributed by atoms with E-state index >= 15 is 0 Å². The van der Waals surface area contributed by atoms with Crippen LogP contribution in [-0.2, 0) is 4.79 Å². The lowest BCUT2D eigenvalue weighted by molar-refractivity contribution is -0.138. The molecule has 6 heteroatoms. The average molecular weight is 254 g/mol. The van der Waals surface area contributed by atoms with Gasteiger partial charge in [0.25, 0.3) is 0 Å². The molecule has 0 aromatic heterocycles. The summed E-state index contributed by atoms with van der Waals surface area (Å²) < 4.78 is 0. The van der Waals surface area contributed by atoms with E-state index in [1.807, 2.05) is 0 Å². The fourth-order valence-electron chi connectivity index (χ4n) is 0.935. The normalized spacial score (nSPS) is 12.6. The number of halogens is 3. The Balaban J connectivity index is 3.26. The molecule has 76 valence electrons. The van der Waals surface area contributed by atoms with Crippen molar-refractivity contribution in [2.24, 2.45) is 5.73 Å². The molecule has 1 aromatic carbocycles. The average Bonchev–Trinajstić information content (AvgIpc) is 2.09. The van der Waals surface area contributed by atoms with Crippen LogP contribution in [0.4, 0.5) is 0 Å². The van der Waals surface area contributed by atoms with Crippen molar-refractivity contribution in [1.82, 2.24) is 0 Å². The fourth-order valence-corrected chi connectivity index (χ4v) is 1.67. The molecule has 0 bridgehead atoms. The van der Waals surface area contributed by atoms with Gasteiger partial charge in [0.15, 0.2) is 0 Å². The van der Waals surface area contributed by atoms with Crippen LogP contribution >= 0.6 is 34.8 Å². The molecule has 3 nitrogen and oxygen atoms in total.